The third kappa shape index (κ3) is 2.95. The highest BCUT2D eigenvalue weighted by molar-refractivity contribution is 14.1. The molecule has 6 heteroatoms. The number of carbonyl (C=O) groups excluding carboxylic acids is 1. The average Bonchev–Trinajstić information content (AvgIpc) is 2.38. The summed E-state index contributed by atoms with van der Waals surface area (Å²) in [6.07, 6.45) is 0. The van der Waals surface area contributed by atoms with Crippen molar-refractivity contribution < 1.29 is 18.0 Å². The molecule has 104 valence electrons. The van der Waals surface area contributed by atoms with E-state index in [1.165, 1.54) is 25.1 Å². The zero-order chi connectivity index (χ0) is 14.9. The number of hydrogen-bond acceptors (Lipinski definition) is 1. The molecule has 1 N–H and O–H groups in total. The number of rotatable bonds is 2. The van der Waals surface area contributed by atoms with Gasteiger partial charge in [0.1, 0.15) is 23.0 Å². The summed E-state index contributed by atoms with van der Waals surface area (Å²) in [6, 6.07) is 5.98. The number of hydrogen-bond donors (Lipinski definition) is 1. The van der Waals surface area contributed by atoms with E-state index >= 15 is 0 Å². The van der Waals surface area contributed by atoms with Gasteiger partial charge >= 0.3 is 0 Å². The van der Waals surface area contributed by atoms with Crippen LogP contribution in [-0.2, 0) is 0 Å². The van der Waals surface area contributed by atoms with Gasteiger partial charge in [-0.1, -0.05) is 6.07 Å². The predicted octanol–water partition coefficient (Wildman–Crippen LogP) is 4.27. The van der Waals surface area contributed by atoms with Gasteiger partial charge in [0.15, 0.2) is 0 Å². The van der Waals surface area contributed by atoms with E-state index < -0.39 is 28.9 Å². The summed E-state index contributed by atoms with van der Waals surface area (Å²) in [5, 5.41) is 2.37. The topological polar surface area (TPSA) is 29.1 Å². The maximum Gasteiger partial charge on any atom is 0.261 e. The summed E-state index contributed by atoms with van der Waals surface area (Å²) in [6.45, 7) is 1.44. The molecule has 0 saturated carbocycles. The van der Waals surface area contributed by atoms with Crippen molar-refractivity contribution in [2.45, 2.75) is 6.92 Å². The van der Waals surface area contributed by atoms with Crippen LogP contribution >= 0.6 is 22.6 Å². The average molecular weight is 391 g/mol. The second kappa shape index (κ2) is 5.82. The van der Waals surface area contributed by atoms with Gasteiger partial charge in [-0.25, -0.2) is 13.2 Å². The maximum absolute atomic E-state index is 13.8. The molecule has 2 aromatic rings. The Balaban J connectivity index is 2.36. The van der Waals surface area contributed by atoms with Gasteiger partial charge in [0, 0.05) is 3.57 Å². The van der Waals surface area contributed by atoms with E-state index in [4.69, 9.17) is 0 Å². The number of benzene rings is 2. The molecule has 0 aromatic heterocycles. The van der Waals surface area contributed by atoms with E-state index in [-0.39, 0.29) is 11.3 Å². The first kappa shape index (κ1) is 14.8. The van der Waals surface area contributed by atoms with Crippen molar-refractivity contribution in [3.05, 3.63) is 62.5 Å². The molecule has 0 aliphatic rings. The van der Waals surface area contributed by atoms with Gasteiger partial charge in [-0.15, -0.1) is 0 Å². The fraction of sp³-hybridized carbons (Fsp3) is 0.0714. The largest absolute Gasteiger partial charge is 0.321 e. The Hall–Kier alpha value is -1.57. The number of amides is 1. The lowest BCUT2D eigenvalue weighted by Gasteiger charge is -2.10. The number of nitrogens with one attached hydrogen (secondary N) is 1. The fourth-order valence-electron chi connectivity index (χ4n) is 1.64. The van der Waals surface area contributed by atoms with Gasteiger partial charge in [-0.2, -0.15) is 0 Å². The molecule has 0 spiro atoms. The quantitative estimate of drug-likeness (QED) is 0.762. The smallest absolute Gasteiger partial charge is 0.261 e. The molecule has 2 rings (SSSR count). The first-order valence-corrected chi connectivity index (χ1v) is 6.69. The van der Waals surface area contributed by atoms with Crippen molar-refractivity contribution in [1.29, 1.82) is 0 Å². The Kier molecular flexibility index (Phi) is 4.32. The second-order valence-corrected chi connectivity index (χ2v) is 5.29. The van der Waals surface area contributed by atoms with Crippen LogP contribution in [0.3, 0.4) is 0 Å². The van der Waals surface area contributed by atoms with Crippen LogP contribution in [0.1, 0.15) is 15.9 Å². The lowest BCUT2D eigenvalue weighted by Crippen LogP contribution is -2.17. The summed E-state index contributed by atoms with van der Waals surface area (Å²) in [5.74, 6) is -3.21. The van der Waals surface area contributed by atoms with Crippen LogP contribution in [0.15, 0.2) is 30.3 Å². The van der Waals surface area contributed by atoms with Crippen molar-refractivity contribution >= 4 is 34.2 Å². The van der Waals surface area contributed by atoms with Crippen LogP contribution in [0.25, 0.3) is 0 Å². The molecule has 0 aliphatic heterocycles. The first-order valence-electron chi connectivity index (χ1n) is 5.61. The number of aryl methyl sites for hydroxylation is 1. The molecule has 2 nitrogen and oxygen atoms in total. The van der Waals surface area contributed by atoms with Crippen LogP contribution in [0.2, 0.25) is 0 Å². The van der Waals surface area contributed by atoms with Gasteiger partial charge in [-0.05, 0) is 59.3 Å². The van der Waals surface area contributed by atoms with E-state index in [2.05, 4.69) is 5.32 Å². The van der Waals surface area contributed by atoms with Gasteiger partial charge in [0.25, 0.3) is 5.91 Å². The van der Waals surface area contributed by atoms with Crippen molar-refractivity contribution in [3.8, 4) is 0 Å². The number of carbonyl (C=O) groups is 1. The van der Waals surface area contributed by atoms with E-state index in [0.29, 0.717) is 3.57 Å². The monoisotopic (exact) mass is 391 g/mol. The molecule has 1 amide bonds. The Morgan fingerprint density at radius 1 is 1.15 bits per heavy atom. The van der Waals surface area contributed by atoms with E-state index in [1.54, 1.807) is 0 Å². The number of halogens is 4. The zero-order valence-electron chi connectivity index (χ0n) is 10.3. The molecule has 0 unspecified atom stereocenters. The van der Waals surface area contributed by atoms with Gasteiger partial charge < -0.3 is 5.32 Å². The van der Waals surface area contributed by atoms with Crippen molar-refractivity contribution in [1.82, 2.24) is 0 Å². The first-order chi connectivity index (χ1) is 9.40. The lowest BCUT2D eigenvalue weighted by molar-refractivity contribution is 0.101. The normalized spacial score (nSPS) is 10.4. The van der Waals surface area contributed by atoms with E-state index in [9.17, 15) is 18.0 Å². The van der Waals surface area contributed by atoms with Crippen LogP contribution in [0, 0.1) is 27.9 Å². The van der Waals surface area contributed by atoms with Gasteiger partial charge in [0.2, 0.25) is 0 Å². The Morgan fingerprint density at radius 3 is 2.50 bits per heavy atom. The lowest BCUT2D eigenvalue weighted by atomic mass is 10.1. The highest BCUT2D eigenvalue weighted by atomic mass is 127. The standard InChI is InChI=1S/C14H9F3INO/c1-7-2-4-9(16)12(13(7)17)14(20)19-11-5-3-8(15)6-10(11)18/h2-6H,1H3,(H,19,20). The molecule has 0 atom stereocenters. The predicted molar refractivity (Wildman–Crippen MR) is 78.2 cm³/mol. The SMILES string of the molecule is Cc1ccc(F)c(C(=O)Nc2ccc(F)cc2I)c1F. The molecule has 0 aliphatic carbocycles. The third-order valence-corrected chi connectivity index (χ3v) is 3.58. The molecular formula is C14H9F3INO. The van der Waals surface area contributed by atoms with Crippen molar-refractivity contribution in [2.75, 3.05) is 5.32 Å². The molecule has 0 bridgehead atoms. The van der Waals surface area contributed by atoms with Crippen molar-refractivity contribution in [2.24, 2.45) is 0 Å². The summed E-state index contributed by atoms with van der Waals surface area (Å²) < 4.78 is 40.8. The minimum absolute atomic E-state index is 0.172. The summed E-state index contributed by atoms with van der Waals surface area (Å²) in [4.78, 5) is 12.0. The van der Waals surface area contributed by atoms with Gasteiger partial charge in [0.05, 0.1) is 5.69 Å². The van der Waals surface area contributed by atoms with Crippen LogP contribution < -0.4 is 5.32 Å². The molecule has 0 heterocycles. The van der Waals surface area contributed by atoms with Gasteiger partial charge in [-0.3, -0.25) is 4.79 Å². The van der Waals surface area contributed by atoms with Crippen LogP contribution in [-0.4, -0.2) is 5.91 Å². The molecule has 0 radical (unpaired) electrons. The minimum Gasteiger partial charge on any atom is -0.321 e. The Morgan fingerprint density at radius 2 is 1.85 bits per heavy atom. The van der Waals surface area contributed by atoms with E-state index in [1.807, 2.05) is 22.6 Å². The highest BCUT2D eigenvalue weighted by Gasteiger charge is 2.19. The zero-order valence-corrected chi connectivity index (χ0v) is 12.5. The van der Waals surface area contributed by atoms with Crippen LogP contribution in [0.4, 0.5) is 18.9 Å². The molecular weight excluding hydrogens is 382 g/mol. The molecule has 0 fully saturated rings. The molecule has 0 saturated heterocycles. The Bertz CT molecular complexity index is 688. The summed E-state index contributed by atoms with van der Waals surface area (Å²) in [5.41, 5.74) is -0.187. The Labute approximate surface area is 127 Å². The third-order valence-electron chi connectivity index (χ3n) is 2.69. The van der Waals surface area contributed by atoms with Crippen LogP contribution in [0.5, 0.6) is 0 Å². The molecule has 20 heavy (non-hydrogen) atoms. The van der Waals surface area contributed by atoms with Crippen molar-refractivity contribution in [3.63, 3.8) is 0 Å². The van der Waals surface area contributed by atoms with E-state index in [0.717, 1.165) is 12.1 Å². The second-order valence-electron chi connectivity index (χ2n) is 4.13. The summed E-state index contributed by atoms with van der Waals surface area (Å²) >= 11 is 1.82. The highest BCUT2D eigenvalue weighted by Crippen LogP contribution is 2.22. The maximum atomic E-state index is 13.8. The fourth-order valence-corrected chi connectivity index (χ4v) is 2.25. The number of anilines is 1. The minimum atomic E-state index is -0.942. The molecule has 2 aromatic carbocycles. The summed E-state index contributed by atoms with van der Waals surface area (Å²) in [7, 11) is 0.